The zero-order valence-corrected chi connectivity index (χ0v) is 30.3. The first-order valence-corrected chi connectivity index (χ1v) is 17.1. The molecule has 1 spiro atoms. The highest BCUT2D eigenvalue weighted by molar-refractivity contribution is 9.13. The third-order valence-corrected chi connectivity index (χ3v) is 14.2. The number of benzene rings is 3. The Balaban J connectivity index is 1.62. The van der Waals surface area contributed by atoms with E-state index >= 15 is 0 Å². The number of carbonyl (C=O) groups is 1. The van der Waals surface area contributed by atoms with Gasteiger partial charge in [0.15, 0.2) is 0 Å². The van der Waals surface area contributed by atoms with Crippen LogP contribution in [0.1, 0.15) is 35.2 Å². The largest absolute Gasteiger partial charge is 0.357 e. The Hall–Kier alpha value is -0.430. The molecule has 0 saturated carbocycles. The smallest absolute Gasteiger partial charge is 0.241 e. The first-order chi connectivity index (χ1) is 18.0. The minimum Gasteiger partial charge on any atom is -0.357 e. The molecule has 192 valence electrons. The summed E-state index contributed by atoms with van der Waals surface area (Å²) in [5.41, 5.74) is 6.12. The van der Waals surface area contributed by atoms with Crippen LogP contribution < -0.4 is 5.32 Å². The fourth-order valence-electron chi connectivity index (χ4n) is 6.47. The van der Waals surface area contributed by atoms with Crippen LogP contribution in [0.4, 0.5) is 5.69 Å². The van der Waals surface area contributed by atoms with Gasteiger partial charge in [-0.15, -0.1) is 0 Å². The van der Waals surface area contributed by atoms with E-state index in [4.69, 9.17) is 0 Å². The SMILES string of the molecule is C[C@@H]1[C@@H](c2c(Br)[nH]c3cc(Br)c(Br)cc23)c2c([nH]c3cc(Br)c(Br)cc23)[C@@]12C(=O)Nc1cc(Br)c(Br)cc12. The number of H-pyrrole nitrogens is 2. The summed E-state index contributed by atoms with van der Waals surface area (Å²) in [5, 5.41) is 5.41. The predicted octanol–water partition coefficient (Wildman–Crippen LogP) is 11.0. The van der Waals surface area contributed by atoms with Gasteiger partial charge in [0, 0.05) is 71.5 Å². The summed E-state index contributed by atoms with van der Waals surface area (Å²) in [7, 11) is 0. The summed E-state index contributed by atoms with van der Waals surface area (Å²) in [6.45, 7) is 2.20. The fraction of sp³-hybridized carbons (Fsp3) is 0.148. The molecule has 2 aliphatic rings. The number of rotatable bonds is 1. The molecular formula is C27H14Br7N3O. The third kappa shape index (κ3) is 3.41. The highest BCUT2D eigenvalue weighted by Gasteiger charge is 2.62. The maximum atomic E-state index is 14.2. The van der Waals surface area contributed by atoms with E-state index in [0.29, 0.717) is 0 Å². The molecule has 2 aromatic heterocycles. The Kier molecular flexibility index (Phi) is 6.29. The van der Waals surface area contributed by atoms with Gasteiger partial charge in [-0.1, -0.05) is 6.92 Å². The van der Waals surface area contributed by atoms with Crippen LogP contribution in [-0.4, -0.2) is 15.9 Å². The molecule has 0 saturated heterocycles. The number of fused-ring (bicyclic) bond motifs is 7. The van der Waals surface area contributed by atoms with E-state index in [2.05, 4.69) is 164 Å². The van der Waals surface area contributed by atoms with Crippen LogP contribution in [0.25, 0.3) is 21.8 Å². The quantitative estimate of drug-likeness (QED) is 0.154. The molecule has 11 heteroatoms. The zero-order valence-electron chi connectivity index (χ0n) is 19.2. The number of nitrogens with one attached hydrogen (secondary N) is 3. The highest BCUT2D eigenvalue weighted by Crippen LogP contribution is 2.63. The van der Waals surface area contributed by atoms with Gasteiger partial charge >= 0.3 is 0 Å². The fourth-order valence-corrected chi connectivity index (χ4v) is 9.20. The van der Waals surface area contributed by atoms with Crippen molar-refractivity contribution in [2.24, 2.45) is 5.92 Å². The second-order valence-corrected chi connectivity index (χ2v) is 15.6. The third-order valence-electron chi connectivity index (χ3n) is 8.00. The molecule has 3 atom stereocenters. The van der Waals surface area contributed by atoms with Crippen molar-refractivity contribution in [1.82, 2.24) is 9.97 Å². The van der Waals surface area contributed by atoms with Crippen LogP contribution in [0.15, 0.2) is 67.8 Å². The van der Waals surface area contributed by atoms with Crippen LogP contribution in [-0.2, 0) is 10.2 Å². The van der Waals surface area contributed by atoms with Crippen LogP contribution in [0.5, 0.6) is 0 Å². The van der Waals surface area contributed by atoms with Gasteiger partial charge in [-0.25, -0.2) is 0 Å². The Morgan fingerprint density at radius 2 is 1.21 bits per heavy atom. The maximum absolute atomic E-state index is 14.2. The monoisotopic (exact) mass is 949 g/mol. The lowest BCUT2D eigenvalue weighted by Gasteiger charge is -2.31. The lowest BCUT2D eigenvalue weighted by molar-refractivity contribution is -0.120. The van der Waals surface area contributed by atoms with Gasteiger partial charge in [0.2, 0.25) is 5.91 Å². The van der Waals surface area contributed by atoms with Crippen molar-refractivity contribution in [3.8, 4) is 0 Å². The lowest BCUT2D eigenvalue weighted by Crippen LogP contribution is -2.40. The summed E-state index contributed by atoms with van der Waals surface area (Å²) in [6.07, 6.45) is 0. The molecule has 0 fully saturated rings. The van der Waals surface area contributed by atoms with E-state index in [1.807, 2.05) is 6.07 Å². The van der Waals surface area contributed by atoms with Crippen molar-refractivity contribution in [2.75, 3.05) is 5.32 Å². The molecule has 7 rings (SSSR count). The number of carbonyl (C=O) groups excluding carboxylic acids is 1. The lowest BCUT2D eigenvalue weighted by atomic mass is 9.69. The van der Waals surface area contributed by atoms with Crippen LogP contribution in [0, 0.1) is 5.92 Å². The predicted molar refractivity (Wildman–Crippen MR) is 177 cm³/mol. The molecule has 1 aliphatic heterocycles. The molecule has 5 aromatic rings. The van der Waals surface area contributed by atoms with Gasteiger partial charge in [0.25, 0.3) is 0 Å². The first kappa shape index (κ1) is 26.5. The maximum Gasteiger partial charge on any atom is 0.241 e. The molecule has 1 amide bonds. The summed E-state index contributed by atoms with van der Waals surface area (Å²) < 4.78 is 6.59. The first-order valence-electron chi connectivity index (χ1n) is 11.5. The van der Waals surface area contributed by atoms with E-state index in [-0.39, 0.29) is 17.7 Å². The molecule has 0 unspecified atom stereocenters. The number of amides is 1. The van der Waals surface area contributed by atoms with Crippen molar-refractivity contribution in [3.63, 3.8) is 0 Å². The zero-order chi connectivity index (χ0) is 26.8. The molecule has 38 heavy (non-hydrogen) atoms. The number of aromatic nitrogens is 2. The van der Waals surface area contributed by atoms with Gasteiger partial charge in [0.1, 0.15) is 5.41 Å². The van der Waals surface area contributed by atoms with Gasteiger partial charge in [-0.2, -0.15) is 0 Å². The second kappa shape index (κ2) is 9.03. The van der Waals surface area contributed by atoms with E-state index in [9.17, 15) is 4.79 Å². The van der Waals surface area contributed by atoms with E-state index in [0.717, 1.165) is 81.3 Å². The van der Waals surface area contributed by atoms with E-state index in [1.54, 1.807) is 0 Å². The van der Waals surface area contributed by atoms with Crippen molar-refractivity contribution < 1.29 is 4.79 Å². The molecule has 3 heterocycles. The number of aromatic amines is 2. The summed E-state index contributed by atoms with van der Waals surface area (Å²) >= 11 is 25.9. The minimum absolute atomic E-state index is 0.0154. The van der Waals surface area contributed by atoms with Gasteiger partial charge in [-0.05, 0) is 165 Å². The normalized spacial score (nSPS) is 22.1. The standard InChI is InChI=1S/C27H14Br7N3O/c1-8-21(23-10-3-13(29)16(32)6-19(10)36-25(23)34)22-9-2-12(28)15(31)5-18(9)35-24(22)27(8)11-4-14(30)17(33)7-20(11)37-26(27)38/h2-8,21,35-36H,1H3,(H,37,38)/t8-,21-,27-/m1/s1. The summed E-state index contributed by atoms with van der Waals surface area (Å²) in [5.74, 6) is -0.192. The Bertz CT molecular complexity index is 1890. The van der Waals surface area contributed by atoms with Gasteiger partial charge in [0.05, 0.1) is 4.60 Å². The summed E-state index contributed by atoms with van der Waals surface area (Å²) in [4.78, 5) is 21.5. The number of halogens is 7. The molecule has 0 radical (unpaired) electrons. The van der Waals surface area contributed by atoms with Gasteiger partial charge in [-0.3, -0.25) is 4.79 Å². The van der Waals surface area contributed by atoms with Crippen molar-refractivity contribution in [1.29, 1.82) is 0 Å². The molecule has 3 aromatic carbocycles. The Morgan fingerprint density at radius 1 is 0.684 bits per heavy atom. The molecule has 1 aliphatic carbocycles. The molecule has 0 bridgehead atoms. The average Bonchev–Trinajstić information content (AvgIpc) is 3.51. The van der Waals surface area contributed by atoms with Crippen molar-refractivity contribution in [3.05, 3.63) is 90.2 Å². The van der Waals surface area contributed by atoms with E-state index in [1.165, 1.54) is 0 Å². The van der Waals surface area contributed by atoms with Crippen LogP contribution >= 0.6 is 112 Å². The average molecular weight is 956 g/mol. The summed E-state index contributed by atoms with van der Waals surface area (Å²) in [6, 6.07) is 12.5. The minimum atomic E-state index is -0.897. The van der Waals surface area contributed by atoms with Gasteiger partial charge < -0.3 is 15.3 Å². The number of hydrogen-bond acceptors (Lipinski definition) is 1. The highest BCUT2D eigenvalue weighted by atomic mass is 79.9. The van der Waals surface area contributed by atoms with Crippen molar-refractivity contribution >= 4 is 145 Å². The Morgan fingerprint density at radius 3 is 1.87 bits per heavy atom. The topological polar surface area (TPSA) is 60.7 Å². The molecule has 4 nitrogen and oxygen atoms in total. The van der Waals surface area contributed by atoms with E-state index < -0.39 is 5.41 Å². The van der Waals surface area contributed by atoms with Crippen LogP contribution in [0.2, 0.25) is 0 Å². The number of anilines is 1. The second-order valence-electron chi connectivity index (χ2n) is 9.73. The number of hydrogen-bond donors (Lipinski definition) is 3. The molecular weight excluding hydrogens is 942 g/mol. The van der Waals surface area contributed by atoms with Crippen molar-refractivity contribution in [2.45, 2.75) is 18.3 Å². The van der Waals surface area contributed by atoms with Crippen LogP contribution in [0.3, 0.4) is 0 Å². The Labute approximate surface area is 276 Å². The molecule has 3 N–H and O–H groups in total.